The van der Waals surface area contributed by atoms with E-state index in [0.29, 0.717) is 18.8 Å². The summed E-state index contributed by atoms with van der Waals surface area (Å²) in [6.45, 7) is 1.21. The number of amides is 2. The average Bonchev–Trinajstić information content (AvgIpc) is 2.95. The van der Waals surface area contributed by atoms with Crippen LogP contribution in [0.25, 0.3) is 0 Å². The number of aliphatic carboxylic acids is 1. The Morgan fingerprint density at radius 1 is 1.43 bits per heavy atom. The summed E-state index contributed by atoms with van der Waals surface area (Å²) in [5.74, 6) is -1.08. The molecule has 0 aliphatic heterocycles. The van der Waals surface area contributed by atoms with Crippen LogP contribution in [0, 0.1) is 0 Å². The van der Waals surface area contributed by atoms with Gasteiger partial charge in [0, 0.05) is 38.6 Å². The summed E-state index contributed by atoms with van der Waals surface area (Å²) in [5.41, 5.74) is 0.655. The van der Waals surface area contributed by atoms with Crippen LogP contribution in [-0.4, -0.2) is 53.4 Å². The van der Waals surface area contributed by atoms with Crippen molar-refractivity contribution in [1.82, 2.24) is 20.6 Å². The summed E-state index contributed by atoms with van der Waals surface area (Å²) >= 11 is 0. The third-order valence-corrected chi connectivity index (χ3v) is 2.89. The molecular weight excluding hydrogens is 276 g/mol. The lowest BCUT2D eigenvalue weighted by atomic mass is 10.2. The molecule has 0 aliphatic rings. The Morgan fingerprint density at radius 3 is 2.86 bits per heavy atom. The highest BCUT2D eigenvalue weighted by Crippen LogP contribution is 1.99. The van der Waals surface area contributed by atoms with E-state index >= 15 is 0 Å². The zero-order valence-electron chi connectivity index (χ0n) is 12.1. The Hall–Kier alpha value is -2.09. The van der Waals surface area contributed by atoms with Crippen LogP contribution in [0.2, 0.25) is 0 Å². The van der Waals surface area contributed by atoms with Crippen LogP contribution in [0.3, 0.4) is 0 Å². The van der Waals surface area contributed by atoms with Crippen molar-refractivity contribution in [3.63, 3.8) is 0 Å². The number of aromatic nitrogens is 2. The number of ether oxygens (including phenoxy) is 1. The smallest absolute Gasteiger partial charge is 0.326 e. The number of hydrogen-bond donors (Lipinski definition) is 4. The molecule has 118 valence electrons. The van der Waals surface area contributed by atoms with Crippen LogP contribution in [0.1, 0.15) is 25.0 Å². The van der Waals surface area contributed by atoms with Gasteiger partial charge in [-0.15, -0.1) is 0 Å². The highest BCUT2D eigenvalue weighted by atomic mass is 16.5. The maximum absolute atomic E-state index is 11.6. The first-order chi connectivity index (χ1) is 10.1. The first-order valence-electron chi connectivity index (χ1n) is 6.87. The highest BCUT2D eigenvalue weighted by Gasteiger charge is 2.20. The molecule has 0 radical (unpaired) electrons. The number of carboxylic acids is 1. The fraction of sp³-hybridized carbons (Fsp3) is 0.615. The zero-order chi connectivity index (χ0) is 15.5. The molecule has 0 fully saturated rings. The van der Waals surface area contributed by atoms with Crippen LogP contribution in [-0.2, 0) is 16.0 Å². The molecule has 0 saturated carbocycles. The molecule has 0 aliphatic carbocycles. The minimum absolute atomic E-state index is 0.163. The topological polar surface area (TPSA) is 116 Å². The van der Waals surface area contributed by atoms with Crippen molar-refractivity contribution in [2.24, 2.45) is 0 Å². The van der Waals surface area contributed by atoms with E-state index in [2.05, 4.69) is 20.6 Å². The molecule has 1 aromatic heterocycles. The van der Waals surface area contributed by atoms with E-state index in [0.717, 1.165) is 19.3 Å². The van der Waals surface area contributed by atoms with Gasteiger partial charge in [-0.3, -0.25) is 0 Å². The van der Waals surface area contributed by atoms with Gasteiger partial charge < -0.3 is 25.5 Å². The standard InChI is InChI=1S/C13H22N4O4/c1-21-6-4-2-3-5-15-13(20)17-11(12(18)19)7-10-8-14-9-16-10/h8-9,11H,2-7H2,1H3,(H,14,16)(H,18,19)(H2,15,17,20)/t11-/m0/s1. The second-order valence-corrected chi connectivity index (χ2v) is 4.63. The third kappa shape index (κ3) is 7.31. The lowest BCUT2D eigenvalue weighted by Gasteiger charge is -2.14. The normalized spacial score (nSPS) is 11.9. The summed E-state index contributed by atoms with van der Waals surface area (Å²) < 4.78 is 4.93. The second kappa shape index (κ2) is 9.76. The molecule has 4 N–H and O–H groups in total. The molecule has 0 saturated heterocycles. The summed E-state index contributed by atoms with van der Waals surface area (Å²) in [6.07, 6.45) is 5.88. The number of carbonyl (C=O) groups excluding carboxylic acids is 1. The van der Waals surface area contributed by atoms with Crippen molar-refractivity contribution < 1.29 is 19.4 Å². The Bertz CT molecular complexity index is 422. The first kappa shape index (κ1) is 17.0. The van der Waals surface area contributed by atoms with Crippen LogP contribution in [0.15, 0.2) is 12.5 Å². The van der Waals surface area contributed by atoms with E-state index in [9.17, 15) is 9.59 Å². The Balaban J connectivity index is 2.24. The summed E-state index contributed by atoms with van der Waals surface area (Å²) in [4.78, 5) is 29.4. The molecule has 0 unspecified atom stereocenters. The van der Waals surface area contributed by atoms with E-state index in [1.54, 1.807) is 7.11 Å². The van der Waals surface area contributed by atoms with E-state index in [1.165, 1.54) is 12.5 Å². The van der Waals surface area contributed by atoms with E-state index < -0.39 is 18.0 Å². The maximum Gasteiger partial charge on any atom is 0.326 e. The zero-order valence-corrected chi connectivity index (χ0v) is 12.1. The summed E-state index contributed by atoms with van der Waals surface area (Å²) in [7, 11) is 1.65. The predicted octanol–water partition coefficient (Wildman–Crippen LogP) is 0.521. The van der Waals surface area contributed by atoms with Gasteiger partial charge in [-0.05, 0) is 19.3 Å². The van der Waals surface area contributed by atoms with Gasteiger partial charge >= 0.3 is 12.0 Å². The van der Waals surface area contributed by atoms with Crippen molar-refractivity contribution in [2.45, 2.75) is 31.7 Å². The molecule has 0 aromatic carbocycles. The number of methoxy groups -OCH3 is 1. The fourth-order valence-electron chi connectivity index (χ4n) is 1.78. The number of aromatic amines is 1. The number of imidazole rings is 1. The van der Waals surface area contributed by atoms with Crippen LogP contribution in [0.4, 0.5) is 4.79 Å². The molecule has 1 heterocycles. The molecule has 1 atom stereocenters. The fourth-order valence-corrected chi connectivity index (χ4v) is 1.78. The Morgan fingerprint density at radius 2 is 2.24 bits per heavy atom. The summed E-state index contributed by atoms with van der Waals surface area (Å²) in [5, 5.41) is 14.2. The quantitative estimate of drug-likeness (QED) is 0.470. The van der Waals surface area contributed by atoms with Crippen molar-refractivity contribution in [3.8, 4) is 0 Å². The van der Waals surface area contributed by atoms with Crippen molar-refractivity contribution in [3.05, 3.63) is 18.2 Å². The van der Waals surface area contributed by atoms with Gasteiger partial charge in [-0.25, -0.2) is 14.6 Å². The molecule has 8 heteroatoms. The SMILES string of the molecule is COCCCCCNC(=O)N[C@@H](Cc1cnc[nH]1)C(=O)O. The Kier molecular flexibility index (Phi) is 7.88. The summed E-state index contributed by atoms with van der Waals surface area (Å²) in [6, 6.07) is -1.47. The number of rotatable bonds is 10. The monoisotopic (exact) mass is 298 g/mol. The number of carbonyl (C=O) groups is 2. The molecule has 0 spiro atoms. The highest BCUT2D eigenvalue weighted by molar-refractivity contribution is 5.82. The molecule has 2 amide bonds. The lowest BCUT2D eigenvalue weighted by Crippen LogP contribution is -2.47. The lowest BCUT2D eigenvalue weighted by molar-refractivity contribution is -0.139. The van der Waals surface area contributed by atoms with Crippen molar-refractivity contribution >= 4 is 12.0 Å². The number of urea groups is 1. The predicted molar refractivity (Wildman–Crippen MR) is 76.0 cm³/mol. The number of H-pyrrole nitrogens is 1. The van der Waals surface area contributed by atoms with Gasteiger partial charge in [0.15, 0.2) is 0 Å². The number of nitrogens with one attached hydrogen (secondary N) is 3. The van der Waals surface area contributed by atoms with E-state index in [1.807, 2.05) is 0 Å². The van der Waals surface area contributed by atoms with Gasteiger partial charge in [0.2, 0.25) is 0 Å². The van der Waals surface area contributed by atoms with Crippen LogP contribution >= 0.6 is 0 Å². The maximum atomic E-state index is 11.6. The number of unbranched alkanes of at least 4 members (excludes halogenated alkanes) is 2. The molecule has 8 nitrogen and oxygen atoms in total. The second-order valence-electron chi connectivity index (χ2n) is 4.63. The van der Waals surface area contributed by atoms with Gasteiger partial charge in [0.1, 0.15) is 6.04 Å². The first-order valence-corrected chi connectivity index (χ1v) is 6.87. The number of nitrogens with zero attached hydrogens (tertiary/aromatic N) is 1. The van der Waals surface area contributed by atoms with Gasteiger partial charge in [-0.2, -0.15) is 0 Å². The minimum Gasteiger partial charge on any atom is -0.480 e. The van der Waals surface area contributed by atoms with E-state index in [-0.39, 0.29) is 6.42 Å². The molecule has 21 heavy (non-hydrogen) atoms. The molecular formula is C13H22N4O4. The molecule has 1 aromatic rings. The van der Waals surface area contributed by atoms with Gasteiger partial charge in [-0.1, -0.05) is 0 Å². The third-order valence-electron chi connectivity index (χ3n) is 2.89. The largest absolute Gasteiger partial charge is 0.480 e. The average molecular weight is 298 g/mol. The van der Waals surface area contributed by atoms with Gasteiger partial charge in [0.25, 0.3) is 0 Å². The van der Waals surface area contributed by atoms with E-state index in [4.69, 9.17) is 9.84 Å². The van der Waals surface area contributed by atoms with Crippen LogP contribution < -0.4 is 10.6 Å². The van der Waals surface area contributed by atoms with Crippen LogP contribution in [0.5, 0.6) is 0 Å². The molecule has 0 bridgehead atoms. The minimum atomic E-state index is -1.08. The van der Waals surface area contributed by atoms with Gasteiger partial charge in [0.05, 0.1) is 6.33 Å². The number of hydrogen-bond acceptors (Lipinski definition) is 4. The van der Waals surface area contributed by atoms with Crippen molar-refractivity contribution in [2.75, 3.05) is 20.3 Å². The van der Waals surface area contributed by atoms with Crippen molar-refractivity contribution in [1.29, 1.82) is 0 Å². The molecule has 1 rings (SSSR count). The Labute approximate surface area is 123 Å². The number of carboxylic acid groups (broad SMARTS) is 1.